The second-order valence-electron chi connectivity index (χ2n) is 5.42. The van der Waals surface area contributed by atoms with Crippen LogP contribution in [0.2, 0.25) is 0 Å². The van der Waals surface area contributed by atoms with Crippen molar-refractivity contribution >= 4 is 11.8 Å². The van der Waals surface area contributed by atoms with Crippen LogP contribution in [0.15, 0.2) is 42.5 Å². The lowest BCUT2D eigenvalue weighted by Crippen LogP contribution is -2.24. The minimum Gasteiger partial charge on any atom is -0.496 e. The maximum absolute atomic E-state index is 13.3. The van der Waals surface area contributed by atoms with E-state index in [-0.39, 0.29) is 18.0 Å². The van der Waals surface area contributed by atoms with E-state index in [4.69, 9.17) is 4.74 Å². The summed E-state index contributed by atoms with van der Waals surface area (Å²) < 4.78 is 18.4. The zero-order valence-corrected chi connectivity index (χ0v) is 13.8. The number of carbonyl (C=O) groups is 2. The highest BCUT2D eigenvalue weighted by Gasteiger charge is 2.13. The molecule has 0 saturated heterocycles. The molecule has 5 nitrogen and oxygen atoms in total. The van der Waals surface area contributed by atoms with Crippen LogP contribution in [-0.4, -0.2) is 37.9 Å². The Bertz CT molecular complexity index is 742. The first-order chi connectivity index (χ1) is 11.4. The van der Waals surface area contributed by atoms with Gasteiger partial charge in [0.05, 0.1) is 12.7 Å². The maximum Gasteiger partial charge on any atom is 0.255 e. The lowest BCUT2D eigenvalue weighted by atomic mass is 10.1. The Morgan fingerprint density at radius 2 is 1.79 bits per heavy atom. The highest BCUT2D eigenvalue weighted by atomic mass is 19.1. The Morgan fingerprint density at radius 3 is 2.38 bits per heavy atom. The predicted molar refractivity (Wildman–Crippen MR) is 88.6 cm³/mol. The van der Waals surface area contributed by atoms with Gasteiger partial charge in [-0.05, 0) is 35.9 Å². The van der Waals surface area contributed by atoms with Crippen molar-refractivity contribution in [2.24, 2.45) is 0 Å². The third-order valence-electron chi connectivity index (χ3n) is 3.47. The van der Waals surface area contributed by atoms with E-state index in [9.17, 15) is 14.0 Å². The molecule has 0 aliphatic rings. The molecule has 126 valence electrons. The third kappa shape index (κ3) is 4.10. The number of ether oxygens (including phenoxy) is 1. The monoisotopic (exact) mass is 330 g/mol. The first-order valence-electron chi connectivity index (χ1n) is 7.34. The highest BCUT2D eigenvalue weighted by molar-refractivity contribution is 5.97. The van der Waals surface area contributed by atoms with Crippen LogP contribution in [0, 0.1) is 5.82 Å². The van der Waals surface area contributed by atoms with Crippen molar-refractivity contribution in [1.29, 1.82) is 0 Å². The van der Waals surface area contributed by atoms with Crippen molar-refractivity contribution in [3.05, 3.63) is 65.0 Å². The van der Waals surface area contributed by atoms with E-state index in [2.05, 4.69) is 5.32 Å². The van der Waals surface area contributed by atoms with Crippen molar-refractivity contribution in [1.82, 2.24) is 10.2 Å². The van der Waals surface area contributed by atoms with Gasteiger partial charge in [-0.25, -0.2) is 4.39 Å². The largest absolute Gasteiger partial charge is 0.496 e. The van der Waals surface area contributed by atoms with Gasteiger partial charge in [0.15, 0.2) is 0 Å². The van der Waals surface area contributed by atoms with E-state index < -0.39 is 11.7 Å². The molecular weight excluding hydrogens is 311 g/mol. The van der Waals surface area contributed by atoms with Gasteiger partial charge < -0.3 is 15.0 Å². The summed E-state index contributed by atoms with van der Waals surface area (Å²) in [5.41, 5.74) is 1.54. The van der Waals surface area contributed by atoms with Gasteiger partial charge in [0.2, 0.25) is 0 Å². The molecule has 0 spiro atoms. The van der Waals surface area contributed by atoms with Crippen LogP contribution < -0.4 is 10.1 Å². The fraction of sp³-hybridized carbons (Fsp3) is 0.222. The molecule has 0 aliphatic carbocycles. The van der Waals surface area contributed by atoms with Crippen LogP contribution in [0.1, 0.15) is 26.3 Å². The molecule has 6 heteroatoms. The summed E-state index contributed by atoms with van der Waals surface area (Å²) in [5, 5.41) is 2.71. The SMILES string of the molecule is COc1ccc(F)cc1C(=O)NCc1ccc(C(=O)N(C)C)cc1. The Labute approximate surface area is 140 Å². The van der Waals surface area contributed by atoms with E-state index in [1.54, 1.807) is 38.4 Å². The highest BCUT2D eigenvalue weighted by Crippen LogP contribution is 2.19. The van der Waals surface area contributed by atoms with Gasteiger partial charge >= 0.3 is 0 Å². The van der Waals surface area contributed by atoms with Gasteiger partial charge in [0.25, 0.3) is 11.8 Å². The first-order valence-corrected chi connectivity index (χ1v) is 7.34. The zero-order chi connectivity index (χ0) is 17.7. The Morgan fingerprint density at radius 1 is 1.12 bits per heavy atom. The molecule has 24 heavy (non-hydrogen) atoms. The van der Waals surface area contributed by atoms with Gasteiger partial charge in [-0.3, -0.25) is 9.59 Å². The lowest BCUT2D eigenvalue weighted by molar-refractivity contribution is 0.0827. The molecule has 2 rings (SSSR count). The van der Waals surface area contributed by atoms with Crippen LogP contribution in [0.3, 0.4) is 0 Å². The van der Waals surface area contributed by atoms with Gasteiger partial charge in [0.1, 0.15) is 11.6 Å². The van der Waals surface area contributed by atoms with E-state index in [0.29, 0.717) is 11.3 Å². The molecule has 0 atom stereocenters. The molecular formula is C18H19FN2O3. The third-order valence-corrected chi connectivity index (χ3v) is 3.47. The minimum atomic E-state index is -0.507. The summed E-state index contributed by atoms with van der Waals surface area (Å²) in [6, 6.07) is 10.7. The van der Waals surface area contributed by atoms with Crippen LogP contribution >= 0.6 is 0 Å². The molecule has 0 radical (unpaired) electrons. The molecule has 0 fully saturated rings. The number of halogens is 1. The summed E-state index contributed by atoms with van der Waals surface area (Å²) in [7, 11) is 4.79. The number of hydrogen-bond acceptors (Lipinski definition) is 3. The zero-order valence-electron chi connectivity index (χ0n) is 13.8. The van der Waals surface area contributed by atoms with Crippen molar-refractivity contribution in [2.75, 3.05) is 21.2 Å². The van der Waals surface area contributed by atoms with E-state index in [1.807, 2.05) is 0 Å². The topological polar surface area (TPSA) is 58.6 Å². The normalized spacial score (nSPS) is 10.2. The molecule has 0 aromatic heterocycles. The number of methoxy groups -OCH3 is 1. The van der Waals surface area contributed by atoms with Crippen LogP contribution in [-0.2, 0) is 6.54 Å². The average molecular weight is 330 g/mol. The molecule has 0 saturated carbocycles. The molecule has 0 heterocycles. The second-order valence-corrected chi connectivity index (χ2v) is 5.42. The summed E-state index contributed by atoms with van der Waals surface area (Å²) in [4.78, 5) is 25.5. The average Bonchev–Trinajstić information content (AvgIpc) is 2.59. The van der Waals surface area contributed by atoms with E-state index >= 15 is 0 Å². The molecule has 0 aliphatic heterocycles. The van der Waals surface area contributed by atoms with Crippen LogP contribution in [0.4, 0.5) is 4.39 Å². The smallest absolute Gasteiger partial charge is 0.255 e. The Hall–Kier alpha value is -2.89. The van der Waals surface area contributed by atoms with Gasteiger partial charge in [0, 0.05) is 26.2 Å². The standard InChI is InChI=1S/C18H19FN2O3/c1-21(2)18(23)13-6-4-12(5-7-13)11-20-17(22)15-10-14(19)8-9-16(15)24-3/h4-10H,11H2,1-3H3,(H,20,22). The van der Waals surface area contributed by atoms with Crippen molar-refractivity contribution in [2.45, 2.75) is 6.54 Å². The lowest BCUT2D eigenvalue weighted by Gasteiger charge is -2.11. The molecule has 1 N–H and O–H groups in total. The fourth-order valence-corrected chi connectivity index (χ4v) is 2.16. The molecule has 2 aromatic rings. The van der Waals surface area contributed by atoms with Gasteiger partial charge in [-0.2, -0.15) is 0 Å². The number of benzene rings is 2. The minimum absolute atomic E-state index is 0.0879. The molecule has 0 unspecified atom stereocenters. The fourth-order valence-electron chi connectivity index (χ4n) is 2.16. The number of nitrogens with zero attached hydrogens (tertiary/aromatic N) is 1. The number of rotatable bonds is 5. The summed E-state index contributed by atoms with van der Waals surface area (Å²) in [6.07, 6.45) is 0. The van der Waals surface area contributed by atoms with Gasteiger partial charge in [-0.15, -0.1) is 0 Å². The first kappa shape index (κ1) is 17.5. The summed E-state index contributed by atoms with van der Waals surface area (Å²) >= 11 is 0. The van der Waals surface area contributed by atoms with Crippen molar-refractivity contribution in [3.8, 4) is 5.75 Å². The summed E-state index contributed by atoms with van der Waals surface area (Å²) in [5.74, 6) is -0.719. The molecule has 2 aromatic carbocycles. The number of carbonyl (C=O) groups excluding carboxylic acids is 2. The van der Waals surface area contributed by atoms with E-state index in [1.165, 1.54) is 24.1 Å². The van der Waals surface area contributed by atoms with Crippen LogP contribution in [0.25, 0.3) is 0 Å². The Kier molecular flexibility index (Phi) is 5.52. The van der Waals surface area contributed by atoms with E-state index in [0.717, 1.165) is 11.6 Å². The Balaban J connectivity index is 2.04. The predicted octanol–water partition coefficient (Wildman–Crippen LogP) is 2.47. The quantitative estimate of drug-likeness (QED) is 0.916. The maximum atomic E-state index is 13.3. The van der Waals surface area contributed by atoms with Gasteiger partial charge in [-0.1, -0.05) is 12.1 Å². The van der Waals surface area contributed by atoms with Crippen LogP contribution in [0.5, 0.6) is 5.75 Å². The number of nitrogens with one attached hydrogen (secondary N) is 1. The number of amides is 2. The second kappa shape index (κ2) is 7.59. The molecule has 2 amide bonds. The van der Waals surface area contributed by atoms with Crippen molar-refractivity contribution in [3.63, 3.8) is 0 Å². The molecule has 0 bridgehead atoms. The van der Waals surface area contributed by atoms with Crippen molar-refractivity contribution < 1.29 is 18.7 Å². The summed E-state index contributed by atoms with van der Waals surface area (Å²) in [6.45, 7) is 0.259. The number of hydrogen-bond donors (Lipinski definition) is 1.